The molecule has 2 heteroatoms. The maximum absolute atomic E-state index is 3.42. The zero-order valence-electron chi connectivity index (χ0n) is 8.18. The average Bonchev–Trinajstić information content (AvgIpc) is 2.72. The van der Waals surface area contributed by atoms with Gasteiger partial charge in [-0.1, -0.05) is 0 Å². The number of hydrogen-bond donors (Lipinski definition) is 1. The van der Waals surface area contributed by atoms with Crippen molar-refractivity contribution in [3.8, 4) is 0 Å². The first kappa shape index (κ1) is 9.22. The van der Waals surface area contributed by atoms with Gasteiger partial charge >= 0.3 is 0 Å². The van der Waals surface area contributed by atoms with Gasteiger partial charge in [-0.3, -0.25) is 0 Å². The quantitative estimate of drug-likeness (QED) is 0.781. The van der Waals surface area contributed by atoms with E-state index in [4.69, 9.17) is 0 Å². The summed E-state index contributed by atoms with van der Waals surface area (Å²) in [6.45, 7) is 4.69. The Morgan fingerprint density at radius 3 is 3.15 bits per heavy atom. The SMILES string of the molecule is Cc1ccsc1CCC1CCNC1. The largest absolute Gasteiger partial charge is 0.316 e. The third-order valence-corrected chi connectivity index (χ3v) is 3.99. The van der Waals surface area contributed by atoms with Gasteiger partial charge in [-0.15, -0.1) is 11.3 Å². The summed E-state index contributed by atoms with van der Waals surface area (Å²) >= 11 is 1.91. The second-order valence-electron chi connectivity index (χ2n) is 3.92. The Balaban J connectivity index is 1.82. The van der Waals surface area contributed by atoms with Gasteiger partial charge in [-0.25, -0.2) is 0 Å². The first-order chi connectivity index (χ1) is 6.36. The maximum Gasteiger partial charge on any atom is 0.00745 e. The number of thiophene rings is 1. The van der Waals surface area contributed by atoms with Crippen LogP contribution in [0.1, 0.15) is 23.3 Å². The molecule has 2 heterocycles. The summed E-state index contributed by atoms with van der Waals surface area (Å²) < 4.78 is 0. The molecule has 1 nitrogen and oxygen atoms in total. The first-order valence-corrected chi connectivity index (χ1v) is 5.98. The fraction of sp³-hybridized carbons (Fsp3) is 0.636. The average molecular weight is 195 g/mol. The van der Waals surface area contributed by atoms with Crippen molar-refractivity contribution in [3.63, 3.8) is 0 Å². The van der Waals surface area contributed by atoms with Crippen molar-refractivity contribution >= 4 is 11.3 Å². The lowest BCUT2D eigenvalue weighted by atomic mass is 10.0. The van der Waals surface area contributed by atoms with Crippen LogP contribution in [0.2, 0.25) is 0 Å². The summed E-state index contributed by atoms with van der Waals surface area (Å²) in [6, 6.07) is 2.23. The minimum absolute atomic E-state index is 0.932. The second kappa shape index (κ2) is 4.25. The molecular formula is C11H17NS. The molecule has 1 fully saturated rings. The van der Waals surface area contributed by atoms with E-state index in [1.165, 1.54) is 37.9 Å². The molecule has 1 aliphatic rings. The summed E-state index contributed by atoms with van der Waals surface area (Å²) in [5, 5.41) is 5.63. The van der Waals surface area contributed by atoms with Crippen molar-refractivity contribution in [1.82, 2.24) is 5.32 Å². The first-order valence-electron chi connectivity index (χ1n) is 5.10. The highest BCUT2D eigenvalue weighted by Crippen LogP contribution is 2.21. The van der Waals surface area contributed by atoms with Crippen LogP contribution in [0.5, 0.6) is 0 Å². The standard InChI is InChI=1S/C11H17NS/c1-9-5-7-13-11(9)3-2-10-4-6-12-8-10/h5,7,10,12H,2-4,6,8H2,1H3. The van der Waals surface area contributed by atoms with Gasteiger partial charge in [0.15, 0.2) is 0 Å². The van der Waals surface area contributed by atoms with Gasteiger partial charge in [0.25, 0.3) is 0 Å². The van der Waals surface area contributed by atoms with E-state index in [-0.39, 0.29) is 0 Å². The zero-order valence-corrected chi connectivity index (χ0v) is 8.99. The molecule has 0 amide bonds. The fourth-order valence-corrected chi connectivity index (χ4v) is 2.88. The van der Waals surface area contributed by atoms with Crippen LogP contribution in [0.15, 0.2) is 11.4 Å². The number of nitrogens with one attached hydrogen (secondary N) is 1. The van der Waals surface area contributed by atoms with E-state index in [2.05, 4.69) is 23.7 Å². The smallest absolute Gasteiger partial charge is 0.00745 e. The Bertz CT molecular complexity index is 261. The van der Waals surface area contributed by atoms with Gasteiger partial charge in [0.1, 0.15) is 0 Å². The third kappa shape index (κ3) is 2.32. The van der Waals surface area contributed by atoms with E-state index in [9.17, 15) is 0 Å². The summed E-state index contributed by atoms with van der Waals surface area (Å²) in [4.78, 5) is 1.59. The predicted octanol–water partition coefficient (Wildman–Crippen LogP) is 2.60. The van der Waals surface area contributed by atoms with Crippen molar-refractivity contribution < 1.29 is 0 Å². The van der Waals surface area contributed by atoms with E-state index in [1.54, 1.807) is 4.88 Å². The van der Waals surface area contributed by atoms with Crippen molar-refractivity contribution in [3.05, 3.63) is 21.9 Å². The minimum Gasteiger partial charge on any atom is -0.316 e. The highest BCUT2D eigenvalue weighted by molar-refractivity contribution is 7.10. The van der Waals surface area contributed by atoms with Crippen molar-refractivity contribution in [1.29, 1.82) is 0 Å². The molecule has 13 heavy (non-hydrogen) atoms. The summed E-state index contributed by atoms with van der Waals surface area (Å²) in [5.41, 5.74) is 1.48. The molecule has 1 unspecified atom stereocenters. The molecule has 72 valence electrons. The highest BCUT2D eigenvalue weighted by Gasteiger charge is 2.14. The van der Waals surface area contributed by atoms with Crippen LogP contribution >= 0.6 is 11.3 Å². The molecule has 1 aliphatic heterocycles. The summed E-state index contributed by atoms with van der Waals surface area (Å²) in [6.07, 6.45) is 4.04. The fourth-order valence-electron chi connectivity index (χ4n) is 1.96. The molecule has 0 radical (unpaired) electrons. The lowest BCUT2D eigenvalue weighted by Crippen LogP contribution is -2.09. The number of rotatable bonds is 3. The molecule has 2 rings (SSSR count). The van der Waals surface area contributed by atoms with Crippen LogP contribution < -0.4 is 5.32 Å². The Kier molecular flexibility index (Phi) is 3.01. The van der Waals surface area contributed by atoms with Crippen LogP contribution in [0.4, 0.5) is 0 Å². The van der Waals surface area contributed by atoms with Gasteiger partial charge in [-0.2, -0.15) is 0 Å². The van der Waals surface area contributed by atoms with E-state index in [1.807, 2.05) is 11.3 Å². The van der Waals surface area contributed by atoms with Crippen molar-refractivity contribution in [2.24, 2.45) is 5.92 Å². The monoisotopic (exact) mass is 195 g/mol. The maximum atomic E-state index is 3.42. The summed E-state index contributed by atoms with van der Waals surface area (Å²) in [7, 11) is 0. The lowest BCUT2D eigenvalue weighted by Gasteiger charge is -2.06. The Hall–Kier alpha value is -0.340. The van der Waals surface area contributed by atoms with Gasteiger partial charge in [0.2, 0.25) is 0 Å². The van der Waals surface area contributed by atoms with Crippen LogP contribution in [0, 0.1) is 12.8 Å². The highest BCUT2D eigenvalue weighted by atomic mass is 32.1. The van der Waals surface area contributed by atoms with Crippen LogP contribution in [0.3, 0.4) is 0 Å². The van der Waals surface area contributed by atoms with E-state index in [0.29, 0.717) is 0 Å². The zero-order chi connectivity index (χ0) is 9.10. The van der Waals surface area contributed by atoms with E-state index in [0.717, 1.165) is 5.92 Å². The van der Waals surface area contributed by atoms with Gasteiger partial charge in [-0.05, 0) is 62.2 Å². The molecule has 0 saturated carbocycles. The van der Waals surface area contributed by atoms with Gasteiger partial charge < -0.3 is 5.32 Å². The molecule has 1 N–H and O–H groups in total. The normalized spacial score (nSPS) is 22.4. The second-order valence-corrected chi connectivity index (χ2v) is 4.92. The third-order valence-electron chi connectivity index (χ3n) is 2.91. The Morgan fingerprint density at radius 2 is 2.54 bits per heavy atom. The van der Waals surface area contributed by atoms with Crippen LogP contribution in [0.25, 0.3) is 0 Å². The Labute approximate surface area is 84.2 Å². The van der Waals surface area contributed by atoms with Crippen LogP contribution in [-0.2, 0) is 6.42 Å². The van der Waals surface area contributed by atoms with Crippen LogP contribution in [-0.4, -0.2) is 13.1 Å². The van der Waals surface area contributed by atoms with Crippen molar-refractivity contribution in [2.45, 2.75) is 26.2 Å². The predicted molar refractivity (Wildman–Crippen MR) is 58.4 cm³/mol. The van der Waals surface area contributed by atoms with E-state index >= 15 is 0 Å². The molecule has 1 atom stereocenters. The molecule has 0 spiro atoms. The topological polar surface area (TPSA) is 12.0 Å². The van der Waals surface area contributed by atoms with Crippen molar-refractivity contribution in [2.75, 3.05) is 13.1 Å². The number of aryl methyl sites for hydroxylation is 2. The Morgan fingerprint density at radius 1 is 1.62 bits per heavy atom. The molecule has 0 bridgehead atoms. The lowest BCUT2D eigenvalue weighted by molar-refractivity contribution is 0.534. The van der Waals surface area contributed by atoms with Gasteiger partial charge in [0.05, 0.1) is 0 Å². The number of hydrogen-bond acceptors (Lipinski definition) is 2. The molecular weight excluding hydrogens is 178 g/mol. The summed E-state index contributed by atoms with van der Waals surface area (Å²) in [5.74, 6) is 0.932. The van der Waals surface area contributed by atoms with E-state index < -0.39 is 0 Å². The molecule has 0 aromatic carbocycles. The van der Waals surface area contributed by atoms with Gasteiger partial charge in [0, 0.05) is 4.88 Å². The minimum atomic E-state index is 0.932. The molecule has 1 aromatic rings. The molecule has 0 aliphatic carbocycles. The molecule has 1 aromatic heterocycles. The molecule has 1 saturated heterocycles.